The van der Waals surface area contributed by atoms with E-state index in [4.69, 9.17) is 49.0 Å². The summed E-state index contributed by atoms with van der Waals surface area (Å²) in [6.45, 7) is 0.907. The van der Waals surface area contributed by atoms with Gasteiger partial charge in [0.2, 0.25) is 3.79 Å². The fourth-order valence-corrected chi connectivity index (χ4v) is 4.70. The van der Waals surface area contributed by atoms with E-state index in [2.05, 4.69) is 5.32 Å². The highest BCUT2D eigenvalue weighted by atomic mass is 35.6. The predicted octanol–water partition coefficient (Wildman–Crippen LogP) is 2.63. The average molecular weight is 510 g/mol. The zero-order chi connectivity index (χ0) is 22.8. The van der Waals surface area contributed by atoms with Gasteiger partial charge >= 0.3 is 5.97 Å². The van der Waals surface area contributed by atoms with Gasteiger partial charge in [-0.25, -0.2) is 4.79 Å². The van der Waals surface area contributed by atoms with Crippen molar-refractivity contribution in [2.24, 2.45) is 0 Å². The zero-order valence-corrected chi connectivity index (χ0v) is 19.6. The third-order valence-electron chi connectivity index (χ3n) is 4.54. The second-order valence-corrected chi connectivity index (χ2v) is 10.3. The van der Waals surface area contributed by atoms with Gasteiger partial charge in [0.15, 0.2) is 6.61 Å². The first-order valence-electron chi connectivity index (χ1n) is 9.02. The molecule has 3 rings (SSSR count). The van der Waals surface area contributed by atoms with Gasteiger partial charge in [-0.2, -0.15) is 0 Å². The lowest BCUT2D eigenvalue weighted by Crippen LogP contribution is -2.80. The molecule has 0 aliphatic carbocycles. The number of hydrogen-bond donors (Lipinski definition) is 1. The minimum atomic E-state index is -1.78. The third-order valence-corrected chi connectivity index (χ3v) is 6.33. The van der Waals surface area contributed by atoms with Crippen LogP contribution in [0.5, 0.6) is 5.75 Å². The van der Waals surface area contributed by atoms with Crippen LogP contribution in [0, 0.1) is 0 Å². The van der Waals surface area contributed by atoms with Gasteiger partial charge in [-0.3, -0.25) is 14.5 Å². The Bertz CT molecular complexity index is 908. The number of halogens is 3. The van der Waals surface area contributed by atoms with E-state index in [9.17, 15) is 14.4 Å². The summed E-state index contributed by atoms with van der Waals surface area (Å²) in [6, 6.07) is 8.77. The van der Waals surface area contributed by atoms with Crippen molar-refractivity contribution in [3.8, 4) is 5.75 Å². The fraction of sp³-hybridized carbons (Fsp3) is 0.421. The van der Waals surface area contributed by atoms with Gasteiger partial charge in [-0.15, -0.1) is 11.8 Å². The van der Waals surface area contributed by atoms with Gasteiger partial charge in [0.1, 0.15) is 23.4 Å². The summed E-state index contributed by atoms with van der Waals surface area (Å²) in [6.07, 6.45) is 0. The first-order chi connectivity index (χ1) is 14.6. The molecule has 2 amide bonds. The first kappa shape index (κ1) is 24.0. The molecule has 2 atom stereocenters. The van der Waals surface area contributed by atoms with Crippen LogP contribution in [0.15, 0.2) is 41.6 Å². The smallest absolute Gasteiger partial charge is 0.355 e. The first-order valence-corrected chi connectivity index (χ1v) is 11.2. The van der Waals surface area contributed by atoms with Gasteiger partial charge in [0.05, 0.1) is 0 Å². The molecular weight excluding hydrogens is 491 g/mol. The Kier molecular flexibility index (Phi) is 7.32. The van der Waals surface area contributed by atoms with E-state index in [1.54, 1.807) is 31.2 Å². The number of carbonyl (C=O) groups is 3. The maximum absolute atomic E-state index is 13.0. The monoisotopic (exact) mass is 508 g/mol. The van der Waals surface area contributed by atoms with Gasteiger partial charge in [-0.05, 0) is 24.6 Å². The van der Waals surface area contributed by atoms with E-state index in [0.29, 0.717) is 17.1 Å². The molecule has 2 heterocycles. The summed E-state index contributed by atoms with van der Waals surface area (Å²) >= 11 is 18.2. The van der Waals surface area contributed by atoms with Gasteiger partial charge in [0, 0.05) is 12.9 Å². The number of rotatable bonds is 7. The number of fused-ring (bicyclic) bond motifs is 1. The number of alkyl halides is 3. The second kappa shape index (κ2) is 9.46. The summed E-state index contributed by atoms with van der Waals surface area (Å²) < 4.78 is 14.1. The van der Waals surface area contributed by atoms with Crippen molar-refractivity contribution in [3.63, 3.8) is 0 Å². The van der Waals surface area contributed by atoms with Gasteiger partial charge in [0.25, 0.3) is 17.5 Å². The Morgan fingerprint density at radius 2 is 1.97 bits per heavy atom. The quantitative estimate of drug-likeness (QED) is 0.261. The van der Waals surface area contributed by atoms with Crippen LogP contribution in [0.3, 0.4) is 0 Å². The minimum Gasteiger partial charge on any atom is -0.484 e. The summed E-state index contributed by atoms with van der Waals surface area (Å²) in [5.74, 6) is -1.04. The van der Waals surface area contributed by atoms with Crippen LogP contribution in [0.2, 0.25) is 0 Å². The molecule has 0 aromatic heterocycles. The number of thioether (sulfide) groups is 1. The number of carbonyl (C=O) groups excluding carboxylic acids is 3. The largest absolute Gasteiger partial charge is 0.484 e. The molecule has 0 bridgehead atoms. The molecule has 1 N–H and O–H groups in total. The van der Waals surface area contributed by atoms with Crippen LogP contribution in [-0.2, 0) is 23.9 Å². The molecule has 31 heavy (non-hydrogen) atoms. The molecule has 1 aromatic rings. The Labute approximate surface area is 198 Å². The van der Waals surface area contributed by atoms with Crippen molar-refractivity contribution in [1.29, 1.82) is 0 Å². The van der Waals surface area contributed by atoms with Gasteiger partial charge in [-0.1, -0.05) is 53.0 Å². The van der Waals surface area contributed by atoms with Crippen LogP contribution in [-0.4, -0.2) is 63.7 Å². The lowest BCUT2D eigenvalue weighted by Gasteiger charge is -2.55. The van der Waals surface area contributed by atoms with E-state index >= 15 is 0 Å². The van der Waals surface area contributed by atoms with Crippen molar-refractivity contribution in [3.05, 3.63) is 41.6 Å². The number of ether oxygens (including phenoxy) is 3. The number of amides is 2. The molecule has 1 saturated heterocycles. The molecule has 1 fully saturated rings. The van der Waals surface area contributed by atoms with Crippen molar-refractivity contribution < 1.29 is 28.6 Å². The number of nitrogens with one attached hydrogen (secondary N) is 1. The molecule has 0 saturated carbocycles. The van der Waals surface area contributed by atoms with E-state index < -0.39 is 39.3 Å². The van der Waals surface area contributed by atoms with Crippen molar-refractivity contribution in [2.75, 3.05) is 26.1 Å². The highest BCUT2D eigenvalue weighted by Crippen LogP contribution is 2.46. The molecule has 168 valence electrons. The highest BCUT2D eigenvalue weighted by Gasteiger charge is 2.66. The fourth-order valence-electron chi connectivity index (χ4n) is 3.15. The van der Waals surface area contributed by atoms with Crippen molar-refractivity contribution >= 4 is 64.3 Å². The van der Waals surface area contributed by atoms with Crippen LogP contribution in [0.1, 0.15) is 6.92 Å². The molecule has 8 nitrogen and oxygen atoms in total. The van der Waals surface area contributed by atoms with Crippen LogP contribution >= 0.6 is 46.6 Å². The van der Waals surface area contributed by atoms with Crippen LogP contribution in [0.25, 0.3) is 0 Å². The molecule has 0 radical (unpaired) electrons. The Morgan fingerprint density at radius 1 is 1.29 bits per heavy atom. The standard InChI is InChI=1S/C19H19Cl3N2O6S/c1-11-9-31-17-19(28-2,23-13(25)8-29-12-6-4-3-5-7-12)16(27)24(17)14(11)15(26)30-10-18(20,21)22/h3-7,17H,8-10H2,1-2H3,(H,23,25)/t17-,19?/m0/s1. The van der Waals surface area contributed by atoms with Crippen molar-refractivity contribution in [2.45, 2.75) is 21.8 Å². The number of nitrogens with zero attached hydrogens (tertiary/aromatic N) is 1. The molecule has 0 spiro atoms. The maximum atomic E-state index is 13.0. The summed E-state index contributed by atoms with van der Waals surface area (Å²) in [5, 5.41) is 1.92. The number of methoxy groups -OCH3 is 1. The van der Waals surface area contributed by atoms with Crippen LogP contribution in [0.4, 0.5) is 0 Å². The SMILES string of the molecule is COC1(NC(=O)COc2ccccc2)C(=O)N2C(C(=O)OCC(Cl)(Cl)Cl)=C(C)CS[C@H]21. The molecule has 12 heteroatoms. The molecule has 1 unspecified atom stereocenters. The van der Waals surface area contributed by atoms with E-state index in [1.165, 1.54) is 23.8 Å². The Hall–Kier alpha value is -1.65. The number of benzene rings is 1. The number of β-lactam (4-membered cyclic amide) rings is 1. The molecular formula is C19H19Cl3N2O6S. The number of hydrogen-bond acceptors (Lipinski definition) is 7. The van der Waals surface area contributed by atoms with E-state index in [-0.39, 0.29) is 12.3 Å². The molecule has 1 aromatic carbocycles. The summed E-state index contributed by atoms with van der Waals surface area (Å²) in [7, 11) is 1.31. The van der Waals surface area contributed by atoms with Gasteiger partial charge < -0.3 is 19.5 Å². The Morgan fingerprint density at radius 3 is 2.58 bits per heavy atom. The molecule has 2 aliphatic heterocycles. The summed E-state index contributed by atoms with van der Waals surface area (Å²) in [5.41, 5.74) is -0.971. The Balaban J connectivity index is 1.70. The topological polar surface area (TPSA) is 94.2 Å². The summed E-state index contributed by atoms with van der Waals surface area (Å²) in [4.78, 5) is 39.3. The number of esters is 1. The maximum Gasteiger partial charge on any atom is 0.355 e. The number of para-hydroxylation sites is 1. The highest BCUT2D eigenvalue weighted by molar-refractivity contribution is 8.00. The zero-order valence-electron chi connectivity index (χ0n) is 16.5. The molecule has 2 aliphatic rings. The lowest BCUT2D eigenvalue weighted by molar-refractivity contribution is -0.193. The van der Waals surface area contributed by atoms with Crippen molar-refractivity contribution in [1.82, 2.24) is 10.2 Å². The predicted molar refractivity (Wildman–Crippen MR) is 117 cm³/mol. The second-order valence-electron chi connectivity index (χ2n) is 6.75. The normalized spacial score (nSPS) is 23.1. The van der Waals surface area contributed by atoms with Crippen LogP contribution < -0.4 is 10.1 Å². The third kappa shape index (κ3) is 5.06. The minimum absolute atomic E-state index is 0.0467. The average Bonchev–Trinajstić information content (AvgIpc) is 2.74. The van der Waals surface area contributed by atoms with E-state index in [1.807, 2.05) is 6.07 Å². The van der Waals surface area contributed by atoms with E-state index in [0.717, 1.165) is 0 Å². The lowest BCUT2D eigenvalue weighted by atomic mass is 9.98.